The lowest BCUT2D eigenvalue weighted by molar-refractivity contribution is 0.474. The molecule has 0 fully saturated rings. The number of nitrogens with one attached hydrogen (secondary N) is 1. The quantitative estimate of drug-likeness (QED) is 0.788. The van der Waals surface area contributed by atoms with Crippen LogP contribution in [0, 0.1) is 5.41 Å². The summed E-state index contributed by atoms with van der Waals surface area (Å²) in [4.78, 5) is 0.200. The van der Waals surface area contributed by atoms with Gasteiger partial charge in [-0.1, -0.05) is 18.3 Å². The Morgan fingerprint density at radius 1 is 1.60 bits per heavy atom. The van der Waals surface area contributed by atoms with Gasteiger partial charge in [-0.3, -0.25) is 9.96 Å². The molecule has 1 rings (SSSR count). The van der Waals surface area contributed by atoms with Crippen LogP contribution in [0.15, 0.2) is 0 Å². The zero-order valence-electron chi connectivity index (χ0n) is 8.00. The van der Waals surface area contributed by atoms with Gasteiger partial charge < -0.3 is 0 Å². The lowest BCUT2D eigenvalue weighted by Gasteiger charge is -1.97. The minimum atomic E-state index is -3.98. The van der Waals surface area contributed by atoms with E-state index in [2.05, 4.69) is 5.10 Å². The van der Waals surface area contributed by atoms with Crippen LogP contribution in [0.25, 0.3) is 0 Å². The highest BCUT2D eigenvalue weighted by Gasteiger charge is 2.07. The van der Waals surface area contributed by atoms with Gasteiger partial charge in [-0.25, -0.2) is 4.68 Å². The summed E-state index contributed by atoms with van der Waals surface area (Å²) in [6, 6.07) is 0. The molecule has 2 N–H and O–H groups in total. The van der Waals surface area contributed by atoms with Crippen molar-refractivity contribution in [2.24, 2.45) is 0 Å². The first kappa shape index (κ1) is 14.8. The Bertz CT molecular complexity index is 464. The first-order valence-electron chi connectivity index (χ1n) is 3.99. The molecule has 15 heavy (non-hydrogen) atoms. The maximum Gasteiger partial charge on any atom is 0.266 e. The molecule has 0 bridgehead atoms. The van der Waals surface area contributed by atoms with Crippen molar-refractivity contribution >= 4 is 38.4 Å². The van der Waals surface area contributed by atoms with Crippen LogP contribution in [0.5, 0.6) is 0 Å². The van der Waals surface area contributed by atoms with E-state index in [1.165, 1.54) is 16.0 Å². The molecule has 0 aliphatic carbocycles. The molecule has 0 aliphatic rings. The Kier molecular flexibility index (Phi) is 5.63. The first-order valence-corrected chi connectivity index (χ1v) is 6.41. The molecule has 0 spiro atoms. The number of aromatic nitrogens is 2. The number of nitrogens with zero attached hydrogens (tertiary/aromatic N) is 2. The third-order valence-corrected chi connectivity index (χ3v) is 3.25. The van der Waals surface area contributed by atoms with Crippen LogP contribution in [-0.4, -0.2) is 28.5 Å². The third-order valence-electron chi connectivity index (χ3n) is 1.54. The molecule has 1 heterocycles. The summed E-state index contributed by atoms with van der Waals surface area (Å²) in [5, 5.41) is 12.2. The van der Waals surface area contributed by atoms with Gasteiger partial charge in [-0.05, 0) is 6.42 Å². The Morgan fingerprint density at radius 2 is 2.20 bits per heavy atom. The second kappa shape index (κ2) is 5.73. The summed E-state index contributed by atoms with van der Waals surface area (Å²) >= 11 is 1.21. The Morgan fingerprint density at radius 3 is 2.60 bits per heavy atom. The van der Waals surface area contributed by atoms with Crippen LogP contribution in [0.3, 0.4) is 0 Å². The van der Waals surface area contributed by atoms with E-state index in [1.807, 2.05) is 6.92 Å². The molecular formula is C6H12BrN3O3S2. The molecule has 6 nitrogen and oxygen atoms in total. The Labute approximate surface area is 102 Å². The smallest absolute Gasteiger partial charge is 0.266 e. The van der Waals surface area contributed by atoms with Crippen LogP contribution in [0.2, 0.25) is 0 Å². The van der Waals surface area contributed by atoms with Crippen molar-refractivity contribution in [3.05, 3.63) is 9.81 Å². The molecule has 9 heteroatoms. The van der Waals surface area contributed by atoms with Gasteiger partial charge in [-0.2, -0.15) is 13.5 Å². The molecule has 0 atom stereocenters. The first-order chi connectivity index (χ1) is 6.42. The number of hydrogen-bond acceptors (Lipinski definition) is 5. The number of aryl methyl sites for hydroxylation is 2. The van der Waals surface area contributed by atoms with Gasteiger partial charge in [-0.15, -0.1) is 17.0 Å². The number of rotatable bonds is 4. The lowest BCUT2D eigenvalue weighted by Crippen LogP contribution is -2.20. The highest BCUT2D eigenvalue weighted by molar-refractivity contribution is 8.93. The molecule has 0 saturated heterocycles. The molecule has 0 aromatic carbocycles. The van der Waals surface area contributed by atoms with E-state index in [0.717, 1.165) is 11.4 Å². The van der Waals surface area contributed by atoms with Gasteiger partial charge >= 0.3 is 0 Å². The van der Waals surface area contributed by atoms with Crippen molar-refractivity contribution in [2.45, 2.75) is 19.9 Å². The van der Waals surface area contributed by atoms with E-state index in [-0.39, 0.29) is 28.3 Å². The maximum atomic E-state index is 10.4. The number of hydrogen-bond donors (Lipinski definition) is 2. The summed E-state index contributed by atoms with van der Waals surface area (Å²) < 4.78 is 30.7. The van der Waals surface area contributed by atoms with Crippen LogP contribution >= 0.6 is 28.3 Å². The molecule has 1 aromatic heterocycles. The van der Waals surface area contributed by atoms with Crippen molar-refractivity contribution in [1.82, 2.24) is 9.78 Å². The van der Waals surface area contributed by atoms with Gasteiger partial charge in [0, 0.05) is 0 Å². The summed E-state index contributed by atoms with van der Waals surface area (Å²) in [5.41, 5.74) is 0. The van der Waals surface area contributed by atoms with Crippen molar-refractivity contribution in [3.8, 4) is 0 Å². The molecule has 0 unspecified atom stereocenters. The van der Waals surface area contributed by atoms with Crippen LogP contribution in [-0.2, 0) is 23.1 Å². The maximum absolute atomic E-state index is 10.4. The predicted molar refractivity (Wildman–Crippen MR) is 62.1 cm³/mol. The van der Waals surface area contributed by atoms with Gasteiger partial charge in [0.05, 0.1) is 12.3 Å². The fourth-order valence-corrected chi connectivity index (χ4v) is 2.01. The van der Waals surface area contributed by atoms with Crippen LogP contribution < -0.4 is 4.80 Å². The van der Waals surface area contributed by atoms with E-state index in [4.69, 9.17) is 9.96 Å². The Balaban J connectivity index is 0.00000196. The van der Waals surface area contributed by atoms with Crippen LogP contribution in [0.1, 0.15) is 11.9 Å². The van der Waals surface area contributed by atoms with E-state index in [0.29, 0.717) is 0 Å². The monoisotopic (exact) mass is 317 g/mol. The molecule has 1 aromatic rings. The van der Waals surface area contributed by atoms with Gasteiger partial charge in [0.2, 0.25) is 0 Å². The SMILES string of the molecule is Br.CCc1nn(CCS(=O)(=O)O)c(=N)s1. The standard InChI is InChI=1S/C6H11N3O3S2.BrH/c1-2-5-8-9(6(7)13-5)3-4-14(10,11)12;/h7H,2-4H2,1H3,(H,10,11,12);1H. The highest BCUT2D eigenvalue weighted by atomic mass is 79.9. The predicted octanol–water partition coefficient (Wildman–Crippen LogP) is 0.452. The van der Waals surface area contributed by atoms with Crippen molar-refractivity contribution in [2.75, 3.05) is 5.75 Å². The molecule has 0 saturated carbocycles. The van der Waals surface area contributed by atoms with E-state index >= 15 is 0 Å². The average molecular weight is 318 g/mol. The summed E-state index contributed by atoms with van der Waals surface area (Å²) in [6.45, 7) is 1.93. The van der Waals surface area contributed by atoms with Crippen molar-refractivity contribution in [1.29, 1.82) is 5.41 Å². The Hall–Kier alpha value is -0.250. The summed E-state index contributed by atoms with van der Waals surface area (Å²) in [6.07, 6.45) is 0.718. The second-order valence-electron chi connectivity index (χ2n) is 2.66. The molecule has 0 radical (unpaired) electrons. The lowest BCUT2D eigenvalue weighted by atomic mass is 10.5. The molecule has 0 aliphatic heterocycles. The van der Waals surface area contributed by atoms with E-state index in [9.17, 15) is 8.42 Å². The van der Waals surface area contributed by atoms with E-state index < -0.39 is 15.9 Å². The fraction of sp³-hybridized carbons (Fsp3) is 0.667. The highest BCUT2D eigenvalue weighted by Crippen LogP contribution is 1.99. The zero-order valence-corrected chi connectivity index (χ0v) is 11.4. The third kappa shape index (κ3) is 4.87. The second-order valence-corrected chi connectivity index (χ2v) is 5.30. The molecule has 88 valence electrons. The van der Waals surface area contributed by atoms with E-state index in [1.54, 1.807) is 0 Å². The van der Waals surface area contributed by atoms with Gasteiger partial charge in [0.15, 0.2) is 4.80 Å². The molecule has 0 amide bonds. The average Bonchev–Trinajstić information content (AvgIpc) is 2.42. The van der Waals surface area contributed by atoms with Crippen molar-refractivity contribution in [3.63, 3.8) is 0 Å². The summed E-state index contributed by atoms with van der Waals surface area (Å²) in [5.74, 6) is -0.406. The minimum absolute atomic E-state index is 0. The normalized spacial score (nSPS) is 11.1. The largest absolute Gasteiger partial charge is 0.285 e. The topological polar surface area (TPSA) is 96.0 Å². The minimum Gasteiger partial charge on any atom is -0.285 e. The van der Waals surface area contributed by atoms with Gasteiger partial charge in [0.25, 0.3) is 10.1 Å². The molecular weight excluding hydrogens is 306 g/mol. The fourth-order valence-electron chi connectivity index (χ4n) is 0.861. The zero-order chi connectivity index (χ0) is 10.8. The van der Waals surface area contributed by atoms with Crippen molar-refractivity contribution < 1.29 is 13.0 Å². The van der Waals surface area contributed by atoms with Crippen LogP contribution in [0.4, 0.5) is 0 Å². The summed E-state index contributed by atoms with van der Waals surface area (Å²) in [7, 11) is -3.98. The number of halogens is 1. The van der Waals surface area contributed by atoms with Gasteiger partial charge in [0.1, 0.15) is 5.01 Å².